The van der Waals surface area contributed by atoms with Crippen LogP contribution in [0.3, 0.4) is 0 Å². The van der Waals surface area contributed by atoms with E-state index in [1.807, 2.05) is 0 Å². The third kappa shape index (κ3) is 20.9. The molecule has 0 aromatic rings. The Hall–Kier alpha value is -0.130. The van der Waals surface area contributed by atoms with E-state index in [1.165, 1.54) is 94.9 Å². The predicted molar refractivity (Wildman–Crippen MR) is 146 cm³/mol. The maximum Gasteiger partial charge on any atom is 0.0975 e. The van der Waals surface area contributed by atoms with Crippen LogP contribution in [0.25, 0.3) is 0 Å². The molecule has 1 unspecified atom stereocenters. The van der Waals surface area contributed by atoms with Gasteiger partial charge in [0, 0.05) is 5.25 Å². The Morgan fingerprint density at radius 3 is 1.00 bits per heavy atom. The van der Waals surface area contributed by atoms with E-state index in [0.29, 0.717) is 12.8 Å². The molecular weight excluding hydrogens is 430 g/mol. The summed E-state index contributed by atoms with van der Waals surface area (Å²) in [5.74, 6) is 0. The first kappa shape index (κ1) is 35.0. The van der Waals surface area contributed by atoms with Crippen molar-refractivity contribution < 1.29 is 17.5 Å². The minimum atomic E-state index is -4.12. The highest BCUT2D eigenvalue weighted by atomic mass is 32.2. The maximum atomic E-state index is 11.4. The van der Waals surface area contributed by atoms with Gasteiger partial charge in [-0.1, -0.05) is 110 Å². The molecule has 0 fully saturated rings. The van der Waals surface area contributed by atoms with Crippen molar-refractivity contribution in [2.24, 2.45) is 0 Å². The van der Waals surface area contributed by atoms with Crippen LogP contribution < -0.4 is 0 Å². The van der Waals surface area contributed by atoms with Crippen molar-refractivity contribution in [3.63, 3.8) is 0 Å². The second kappa shape index (κ2) is 23.6. The highest BCUT2D eigenvalue weighted by Crippen LogP contribution is 2.19. The fraction of sp³-hybridized carbons (Fsp3) is 1.00. The topological polar surface area (TPSA) is 57.2 Å². The summed E-state index contributed by atoms with van der Waals surface area (Å²) in [6.45, 7) is 18.6. The van der Waals surface area contributed by atoms with Gasteiger partial charge in [-0.2, -0.15) is 0 Å². The van der Waals surface area contributed by atoms with Crippen molar-refractivity contribution in [1.82, 2.24) is 0 Å². The Morgan fingerprint density at radius 1 is 0.515 bits per heavy atom. The van der Waals surface area contributed by atoms with Crippen molar-refractivity contribution in [1.29, 1.82) is 0 Å². The summed E-state index contributed by atoms with van der Waals surface area (Å²) in [6.07, 6.45) is 18.9. The van der Waals surface area contributed by atoms with Gasteiger partial charge in [-0.15, -0.1) is 0 Å². The molecule has 0 N–H and O–H groups in total. The van der Waals surface area contributed by atoms with Crippen molar-refractivity contribution in [2.45, 2.75) is 156 Å². The fourth-order valence-electron chi connectivity index (χ4n) is 4.61. The van der Waals surface area contributed by atoms with Gasteiger partial charge in [0.2, 0.25) is 0 Å². The van der Waals surface area contributed by atoms with E-state index < -0.39 is 15.4 Å². The smallest absolute Gasteiger partial charge is 0.0975 e. The Labute approximate surface area is 209 Å². The monoisotopic (exact) mass is 491 g/mol. The molecule has 4 nitrogen and oxygen atoms in total. The minimum Gasteiger partial charge on any atom is -0.748 e. The third-order valence-electron chi connectivity index (χ3n) is 7.60. The molecule has 0 aromatic heterocycles. The molecular formula is C28H61NO3S. The van der Waals surface area contributed by atoms with E-state index in [-0.39, 0.29) is 0 Å². The highest BCUT2D eigenvalue weighted by molar-refractivity contribution is 7.86. The van der Waals surface area contributed by atoms with Gasteiger partial charge in [0.05, 0.1) is 36.3 Å². The van der Waals surface area contributed by atoms with Crippen LogP contribution in [0.1, 0.15) is 151 Å². The molecule has 0 rings (SSSR count). The van der Waals surface area contributed by atoms with Gasteiger partial charge < -0.3 is 9.04 Å². The normalized spacial score (nSPS) is 12.9. The molecule has 0 radical (unpaired) electrons. The van der Waals surface area contributed by atoms with Crippen molar-refractivity contribution in [2.75, 3.05) is 26.2 Å². The van der Waals surface area contributed by atoms with Crippen LogP contribution in [-0.2, 0) is 10.1 Å². The van der Waals surface area contributed by atoms with Crippen LogP contribution in [-0.4, -0.2) is 48.9 Å². The lowest BCUT2D eigenvalue weighted by Crippen LogP contribution is -2.47. The molecule has 0 aliphatic heterocycles. The van der Waals surface area contributed by atoms with Crippen LogP contribution in [0, 0.1) is 0 Å². The number of unbranched alkanes of at least 4 members (excludes halogenated alkanes) is 13. The van der Waals surface area contributed by atoms with Gasteiger partial charge in [0.1, 0.15) is 0 Å². The van der Waals surface area contributed by atoms with E-state index in [9.17, 15) is 13.0 Å². The number of quaternary nitrogens is 1. The summed E-state index contributed by atoms with van der Waals surface area (Å²) in [5, 5.41) is -0.645. The van der Waals surface area contributed by atoms with Crippen molar-refractivity contribution >= 4 is 10.1 Å². The second-order valence-electron chi connectivity index (χ2n) is 9.89. The number of hydrogen-bond acceptors (Lipinski definition) is 3. The largest absolute Gasteiger partial charge is 0.748 e. The standard InChI is InChI=1S/C20H42O3S.C8H20N/c1-3-5-7-9-11-12-13-15-17-19-20(24(21,22)23)18-16-14-10-8-6-4-2;1-5-9(6-2,7-3)8-4/h20H,3-19H2,1-2H3,(H,21,22,23);5-8H2,1-4H3/q;+1/p-1. The molecule has 0 aliphatic rings. The van der Waals surface area contributed by atoms with Crippen molar-refractivity contribution in [3.8, 4) is 0 Å². The summed E-state index contributed by atoms with van der Waals surface area (Å²) < 4.78 is 35.5. The highest BCUT2D eigenvalue weighted by Gasteiger charge is 2.16. The Bertz CT molecular complexity index is 472. The molecule has 33 heavy (non-hydrogen) atoms. The minimum absolute atomic E-state index is 0.564. The summed E-state index contributed by atoms with van der Waals surface area (Å²) >= 11 is 0. The van der Waals surface area contributed by atoms with E-state index >= 15 is 0 Å². The average Bonchev–Trinajstić information content (AvgIpc) is 2.80. The average molecular weight is 492 g/mol. The molecule has 0 aliphatic carbocycles. The van der Waals surface area contributed by atoms with Crippen LogP contribution in [0.4, 0.5) is 0 Å². The predicted octanol–water partition coefficient (Wildman–Crippen LogP) is 8.45. The molecule has 0 bridgehead atoms. The first-order valence-electron chi connectivity index (χ1n) is 14.6. The SMILES string of the molecule is CCCCCCCCCCCC(CCCCCCCC)S(=O)(=O)[O-].CC[N+](CC)(CC)CC. The quantitative estimate of drug-likeness (QED) is 0.0866. The first-order chi connectivity index (χ1) is 15.8. The zero-order chi connectivity index (χ0) is 25.4. The molecule has 0 spiro atoms. The van der Waals surface area contributed by atoms with E-state index in [4.69, 9.17) is 0 Å². The van der Waals surface area contributed by atoms with Gasteiger partial charge in [-0.05, 0) is 40.5 Å². The lowest BCUT2D eigenvalue weighted by molar-refractivity contribution is -0.921. The Morgan fingerprint density at radius 2 is 0.788 bits per heavy atom. The van der Waals surface area contributed by atoms with Crippen molar-refractivity contribution in [3.05, 3.63) is 0 Å². The van der Waals surface area contributed by atoms with E-state index in [1.54, 1.807) is 0 Å². The lowest BCUT2D eigenvalue weighted by atomic mass is 10.0. The molecule has 0 heterocycles. The molecule has 0 aromatic carbocycles. The summed E-state index contributed by atoms with van der Waals surface area (Å²) in [5.41, 5.74) is 0. The first-order valence-corrected chi connectivity index (χ1v) is 16.0. The van der Waals surface area contributed by atoms with Gasteiger partial charge in [-0.25, -0.2) is 8.42 Å². The zero-order valence-corrected chi connectivity index (χ0v) is 24.3. The Balaban J connectivity index is 0. The summed E-state index contributed by atoms with van der Waals surface area (Å²) in [7, 11) is -4.12. The van der Waals surface area contributed by atoms with Gasteiger partial charge >= 0.3 is 0 Å². The third-order valence-corrected chi connectivity index (χ3v) is 8.89. The number of hydrogen-bond donors (Lipinski definition) is 0. The van der Waals surface area contributed by atoms with Gasteiger partial charge in [0.15, 0.2) is 0 Å². The summed E-state index contributed by atoms with van der Waals surface area (Å²) in [6, 6.07) is 0. The molecule has 0 saturated carbocycles. The van der Waals surface area contributed by atoms with Crippen LogP contribution in [0.15, 0.2) is 0 Å². The van der Waals surface area contributed by atoms with Crippen LogP contribution >= 0.6 is 0 Å². The van der Waals surface area contributed by atoms with E-state index in [0.717, 1.165) is 32.1 Å². The van der Waals surface area contributed by atoms with E-state index in [2.05, 4.69) is 41.5 Å². The Kier molecular flexibility index (Phi) is 25.1. The van der Waals surface area contributed by atoms with Gasteiger partial charge in [0.25, 0.3) is 0 Å². The number of nitrogens with zero attached hydrogens (tertiary/aromatic N) is 1. The number of rotatable bonds is 22. The zero-order valence-electron chi connectivity index (χ0n) is 23.5. The van der Waals surface area contributed by atoms with Crippen LogP contribution in [0.5, 0.6) is 0 Å². The van der Waals surface area contributed by atoms with Gasteiger partial charge in [-0.3, -0.25) is 0 Å². The maximum absolute atomic E-state index is 11.4. The molecule has 0 amide bonds. The molecule has 0 saturated heterocycles. The van der Waals surface area contributed by atoms with Crippen LogP contribution in [0.2, 0.25) is 0 Å². The summed E-state index contributed by atoms with van der Waals surface area (Å²) in [4.78, 5) is 0. The molecule has 202 valence electrons. The molecule has 5 heteroatoms. The fourth-order valence-corrected chi connectivity index (χ4v) is 5.52. The second-order valence-corrected chi connectivity index (χ2v) is 11.5. The lowest BCUT2D eigenvalue weighted by Gasteiger charge is -2.34. The molecule has 1 atom stereocenters.